The number of aliphatic imine (C=N–C) groups is 1. The van der Waals surface area contributed by atoms with E-state index < -0.39 is 0 Å². The zero-order chi connectivity index (χ0) is 19.5. The molecular weight excluding hydrogens is 342 g/mol. The quantitative estimate of drug-likeness (QED) is 0.368. The van der Waals surface area contributed by atoms with E-state index in [0.717, 1.165) is 62.8 Å². The fourth-order valence-electron chi connectivity index (χ4n) is 3.04. The maximum absolute atomic E-state index is 11.8. The van der Waals surface area contributed by atoms with Crippen LogP contribution in [-0.2, 0) is 16.1 Å². The SMILES string of the molecule is CN=C(NCCCN(C)CCOC)NCc1ccc(N2CCCC2=O)cc1. The van der Waals surface area contributed by atoms with Crippen molar-refractivity contribution in [2.45, 2.75) is 25.8 Å². The third-order valence-corrected chi connectivity index (χ3v) is 4.69. The minimum absolute atomic E-state index is 0.221. The maximum Gasteiger partial charge on any atom is 0.227 e. The van der Waals surface area contributed by atoms with Crippen molar-refractivity contribution in [3.05, 3.63) is 29.8 Å². The van der Waals surface area contributed by atoms with Crippen LogP contribution in [-0.4, -0.2) is 70.8 Å². The summed E-state index contributed by atoms with van der Waals surface area (Å²) >= 11 is 0. The summed E-state index contributed by atoms with van der Waals surface area (Å²) in [6.45, 7) is 5.12. The minimum Gasteiger partial charge on any atom is -0.383 e. The predicted molar refractivity (Wildman–Crippen MR) is 110 cm³/mol. The van der Waals surface area contributed by atoms with Crippen molar-refractivity contribution in [3.63, 3.8) is 0 Å². The van der Waals surface area contributed by atoms with Gasteiger partial charge >= 0.3 is 0 Å². The summed E-state index contributed by atoms with van der Waals surface area (Å²) < 4.78 is 5.08. The van der Waals surface area contributed by atoms with Crippen LogP contribution in [0.5, 0.6) is 0 Å². The Morgan fingerprint density at radius 3 is 2.67 bits per heavy atom. The number of nitrogens with zero attached hydrogens (tertiary/aromatic N) is 3. The topological polar surface area (TPSA) is 69.2 Å². The monoisotopic (exact) mass is 375 g/mol. The Morgan fingerprint density at radius 1 is 1.26 bits per heavy atom. The number of amides is 1. The molecule has 0 spiro atoms. The van der Waals surface area contributed by atoms with Gasteiger partial charge in [0.15, 0.2) is 5.96 Å². The van der Waals surface area contributed by atoms with Crippen molar-refractivity contribution in [1.82, 2.24) is 15.5 Å². The van der Waals surface area contributed by atoms with Crippen LogP contribution in [0, 0.1) is 0 Å². The molecule has 1 aromatic rings. The molecule has 1 heterocycles. The highest BCUT2D eigenvalue weighted by Crippen LogP contribution is 2.21. The number of rotatable bonds is 10. The summed E-state index contributed by atoms with van der Waals surface area (Å²) in [5.74, 6) is 1.02. The van der Waals surface area contributed by atoms with Crippen molar-refractivity contribution >= 4 is 17.6 Å². The Hall–Kier alpha value is -2.12. The number of carbonyl (C=O) groups is 1. The van der Waals surface area contributed by atoms with Crippen LogP contribution in [0.4, 0.5) is 5.69 Å². The molecule has 0 bridgehead atoms. The molecule has 1 aliphatic heterocycles. The van der Waals surface area contributed by atoms with E-state index in [9.17, 15) is 4.79 Å². The van der Waals surface area contributed by atoms with Crippen molar-refractivity contribution in [2.75, 3.05) is 58.9 Å². The number of anilines is 1. The molecule has 1 aliphatic rings. The largest absolute Gasteiger partial charge is 0.383 e. The van der Waals surface area contributed by atoms with Gasteiger partial charge in [0.1, 0.15) is 0 Å². The molecule has 1 fully saturated rings. The fraction of sp³-hybridized carbons (Fsp3) is 0.600. The molecule has 0 aliphatic carbocycles. The molecule has 150 valence electrons. The second kappa shape index (κ2) is 11.6. The average Bonchev–Trinajstić information content (AvgIpc) is 3.12. The van der Waals surface area contributed by atoms with Crippen molar-refractivity contribution in [1.29, 1.82) is 0 Å². The lowest BCUT2D eigenvalue weighted by Crippen LogP contribution is -2.38. The molecule has 1 saturated heterocycles. The molecule has 1 amide bonds. The van der Waals surface area contributed by atoms with Crippen LogP contribution in [0.2, 0.25) is 0 Å². The number of ether oxygens (including phenoxy) is 1. The molecule has 0 aromatic heterocycles. The van der Waals surface area contributed by atoms with Gasteiger partial charge in [-0.1, -0.05) is 12.1 Å². The van der Waals surface area contributed by atoms with Gasteiger partial charge in [-0.2, -0.15) is 0 Å². The highest BCUT2D eigenvalue weighted by Gasteiger charge is 2.21. The highest BCUT2D eigenvalue weighted by molar-refractivity contribution is 5.95. The Labute approximate surface area is 162 Å². The number of carbonyl (C=O) groups excluding carboxylic acids is 1. The van der Waals surface area contributed by atoms with E-state index in [1.807, 2.05) is 17.0 Å². The van der Waals surface area contributed by atoms with E-state index in [1.54, 1.807) is 14.2 Å². The van der Waals surface area contributed by atoms with E-state index in [0.29, 0.717) is 13.0 Å². The number of likely N-dealkylation sites (N-methyl/N-ethyl adjacent to an activating group) is 1. The van der Waals surface area contributed by atoms with Gasteiger partial charge in [-0.05, 0) is 44.1 Å². The minimum atomic E-state index is 0.221. The first-order valence-corrected chi connectivity index (χ1v) is 9.65. The Kier molecular flexibility index (Phi) is 9.07. The molecule has 0 radical (unpaired) electrons. The Morgan fingerprint density at radius 2 is 2.04 bits per heavy atom. The Balaban J connectivity index is 1.68. The van der Waals surface area contributed by atoms with Crippen LogP contribution >= 0.6 is 0 Å². The molecule has 7 nitrogen and oxygen atoms in total. The summed E-state index contributed by atoms with van der Waals surface area (Å²) in [7, 11) is 5.61. The molecule has 0 unspecified atom stereocenters. The van der Waals surface area contributed by atoms with E-state index in [4.69, 9.17) is 4.74 Å². The van der Waals surface area contributed by atoms with Gasteiger partial charge in [0, 0.05) is 52.4 Å². The molecule has 0 saturated carbocycles. The molecule has 1 aromatic carbocycles. The van der Waals surface area contributed by atoms with Crippen molar-refractivity contribution in [2.24, 2.45) is 4.99 Å². The normalized spacial score (nSPS) is 14.9. The van der Waals surface area contributed by atoms with Crippen LogP contribution in [0.25, 0.3) is 0 Å². The standard InChI is InChI=1S/C20H33N5O2/c1-21-20(22-11-5-12-24(2)14-15-27-3)23-16-17-7-9-18(10-8-17)25-13-4-6-19(25)26/h7-10H,4-6,11-16H2,1-3H3,(H2,21,22,23). The van der Waals surface area contributed by atoms with E-state index in [2.05, 4.69) is 39.7 Å². The van der Waals surface area contributed by atoms with Crippen LogP contribution in [0.3, 0.4) is 0 Å². The highest BCUT2D eigenvalue weighted by atomic mass is 16.5. The zero-order valence-electron chi connectivity index (χ0n) is 16.8. The second-order valence-electron chi connectivity index (χ2n) is 6.82. The summed E-state index contributed by atoms with van der Waals surface area (Å²) in [6, 6.07) is 8.16. The predicted octanol–water partition coefficient (Wildman–Crippen LogP) is 1.45. The first kappa shape index (κ1) is 21.2. The number of benzene rings is 1. The van der Waals surface area contributed by atoms with E-state index >= 15 is 0 Å². The first-order chi connectivity index (χ1) is 13.1. The number of methoxy groups -OCH3 is 1. The summed E-state index contributed by atoms with van der Waals surface area (Å²) in [4.78, 5) is 20.2. The van der Waals surface area contributed by atoms with Gasteiger partial charge in [0.05, 0.1) is 6.61 Å². The van der Waals surface area contributed by atoms with Gasteiger partial charge in [-0.15, -0.1) is 0 Å². The summed E-state index contributed by atoms with van der Waals surface area (Å²) in [5, 5.41) is 6.67. The van der Waals surface area contributed by atoms with Crippen molar-refractivity contribution < 1.29 is 9.53 Å². The number of hydrogen-bond acceptors (Lipinski definition) is 4. The molecule has 0 atom stereocenters. The lowest BCUT2D eigenvalue weighted by Gasteiger charge is -2.17. The fourth-order valence-corrected chi connectivity index (χ4v) is 3.04. The second-order valence-corrected chi connectivity index (χ2v) is 6.82. The third-order valence-electron chi connectivity index (χ3n) is 4.69. The van der Waals surface area contributed by atoms with Crippen LogP contribution < -0.4 is 15.5 Å². The molecule has 27 heavy (non-hydrogen) atoms. The molecule has 7 heteroatoms. The molecular formula is C20H33N5O2. The Bertz CT molecular complexity index is 603. The van der Waals surface area contributed by atoms with Crippen molar-refractivity contribution in [3.8, 4) is 0 Å². The lowest BCUT2D eigenvalue weighted by atomic mass is 10.2. The van der Waals surface area contributed by atoms with E-state index in [1.165, 1.54) is 0 Å². The number of guanidine groups is 1. The van der Waals surface area contributed by atoms with E-state index in [-0.39, 0.29) is 5.91 Å². The number of nitrogens with one attached hydrogen (secondary N) is 2. The van der Waals surface area contributed by atoms with Crippen LogP contribution in [0.15, 0.2) is 29.3 Å². The first-order valence-electron chi connectivity index (χ1n) is 9.65. The van der Waals surface area contributed by atoms with Gasteiger partial charge < -0.3 is 25.2 Å². The average molecular weight is 376 g/mol. The summed E-state index contributed by atoms with van der Waals surface area (Å²) in [6.07, 6.45) is 2.65. The summed E-state index contributed by atoms with van der Waals surface area (Å²) in [5.41, 5.74) is 2.15. The van der Waals surface area contributed by atoms with Gasteiger partial charge in [-0.3, -0.25) is 9.79 Å². The van der Waals surface area contributed by atoms with Gasteiger partial charge in [-0.25, -0.2) is 0 Å². The lowest BCUT2D eigenvalue weighted by molar-refractivity contribution is -0.117. The maximum atomic E-state index is 11.8. The number of hydrogen-bond donors (Lipinski definition) is 2. The molecule has 2 rings (SSSR count). The molecule has 2 N–H and O–H groups in total. The van der Waals surface area contributed by atoms with Crippen LogP contribution in [0.1, 0.15) is 24.8 Å². The van der Waals surface area contributed by atoms with Gasteiger partial charge in [0.2, 0.25) is 5.91 Å². The zero-order valence-corrected chi connectivity index (χ0v) is 16.8. The van der Waals surface area contributed by atoms with Gasteiger partial charge in [0.25, 0.3) is 0 Å². The third kappa shape index (κ3) is 7.19. The smallest absolute Gasteiger partial charge is 0.227 e.